The van der Waals surface area contributed by atoms with E-state index in [1.165, 1.54) is 11.0 Å². The van der Waals surface area contributed by atoms with Crippen molar-refractivity contribution in [3.8, 4) is 0 Å². The molecule has 0 radical (unpaired) electrons. The van der Waals surface area contributed by atoms with Gasteiger partial charge in [0.05, 0.1) is 12.1 Å². The van der Waals surface area contributed by atoms with Crippen LogP contribution in [0.1, 0.15) is 74.1 Å². The van der Waals surface area contributed by atoms with Crippen molar-refractivity contribution in [2.24, 2.45) is 10.8 Å². The number of carbonyl (C=O) groups is 5. The number of likely N-dealkylation sites (N-methyl/N-ethyl adjacent to an activating group) is 1. The zero-order valence-electron chi connectivity index (χ0n) is 30.5. The third-order valence-corrected chi connectivity index (χ3v) is 8.83. The number of nitrogens with zero attached hydrogens (tertiary/aromatic N) is 4. The molecule has 0 aromatic carbocycles. The lowest BCUT2D eigenvalue weighted by Crippen LogP contribution is -2.61. The van der Waals surface area contributed by atoms with Gasteiger partial charge in [-0.05, 0) is 42.2 Å². The normalized spacial score (nSPS) is 16.7. The SMILES string of the molecule is C=CCNC(=O)C(=O)C(CCC)NC(=O)C1CCCN1C(=O)C(NC(=O)NC(CN(C)OSN(C)c1ccccn1)C(C)(C)C)C(C)(C)C. The van der Waals surface area contributed by atoms with Crippen LogP contribution in [0.4, 0.5) is 10.6 Å². The minimum Gasteiger partial charge on any atom is -0.346 e. The van der Waals surface area contributed by atoms with Gasteiger partial charge < -0.3 is 26.2 Å². The average molecular weight is 705 g/mol. The fourth-order valence-corrected chi connectivity index (χ4v) is 5.65. The maximum atomic E-state index is 14.1. The number of rotatable bonds is 17. The number of hydrogen-bond donors (Lipinski definition) is 4. The molecule has 1 aromatic heterocycles. The molecule has 4 N–H and O–H groups in total. The van der Waals surface area contributed by atoms with Gasteiger partial charge in [0, 0.05) is 39.9 Å². The Bertz CT molecular complexity index is 1290. The first-order valence-corrected chi connectivity index (χ1v) is 17.4. The van der Waals surface area contributed by atoms with Crippen molar-refractivity contribution in [2.45, 2.75) is 98.3 Å². The fourth-order valence-electron chi connectivity index (χ4n) is 5.19. The second kappa shape index (κ2) is 18.9. The lowest BCUT2D eigenvalue weighted by molar-refractivity contribution is -0.143. The van der Waals surface area contributed by atoms with Crippen LogP contribution in [0.25, 0.3) is 0 Å². The van der Waals surface area contributed by atoms with Gasteiger partial charge in [-0.25, -0.2) is 14.1 Å². The summed E-state index contributed by atoms with van der Waals surface area (Å²) in [6.07, 6.45) is 4.95. The second-order valence-corrected chi connectivity index (χ2v) is 15.2. The molecular formula is C34H56N8O6S. The van der Waals surface area contributed by atoms with Gasteiger partial charge in [0.15, 0.2) is 0 Å². The number of nitrogens with one attached hydrogen (secondary N) is 4. The van der Waals surface area contributed by atoms with E-state index in [2.05, 4.69) is 32.8 Å². The summed E-state index contributed by atoms with van der Waals surface area (Å²) >= 11 is 1.10. The zero-order chi connectivity index (χ0) is 36.9. The van der Waals surface area contributed by atoms with Gasteiger partial charge in [-0.1, -0.05) is 67.0 Å². The average Bonchev–Trinajstić information content (AvgIpc) is 3.53. The minimum absolute atomic E-state index is 0.126. The van der Waals surface area contributed by atoms with Crippen LogP contribution >= 0.6 is 12.2 Å². The Labute approximate surface area is 295 Å². The molecule has 1 fully saturated rings. The molecule has 0 saturated carbocycles. The summed E-state index contributed by atoms with van der Waals surface area (Å²) in [6, 6.07) is 1.84. The summed E-state index contributed by atoms with van der Waals surface area (Å²) < 4.78 is 7.62. The van der Waals surface area contributed by atoms with Crippen molar-refractivity contribution in [1.29, 1.82) is 0 Å². The quantitative estimate of drug-likeness (QED) is 0.0622. The zero-order valence-corrected chi connectivity index (χ0v) is 31.3. The highest BCUT2D eigenvalue weighted by Crippen LogP contribution is 2.27. The largest absolute Gasteiger partial charge is 0.346 e. The van der Waals surface area contributed by atoms with Gasteiger partial charge in [-0.15, -0.1) is 6.58 Å². The van der Waals surface area contributed by atoms with E-state index in [-0.39, 0.29) is 24.4 Å². The smallest absolute Gasteiger partial charge is 0.315 e. The van der Waals surface area contributed by atoms with Crippen LogP contribution in [0, 0.1) is 10.8 Å². The number of hydroxylamine groups is 2. The number of pyridine rings is 1. The van der Waals surface area contributed by atoms with Crippen molar-refractivity contribution in [1.82, 2.24) is 36.2 Å². The fraction of sp³-hybridized carbons (Fsp3) is 0.647. The first kappa shape index (κ1) is 41.5. The van der Waals surface area contributed by atoms with Crippen LogP contribution in [0.2, 0.25) is 0 Å². The van der Waals surface area contributed by atoms with E-state index in [0.717, 1.165) is 18.0 Å². The van der Waals surface area contributed by atoms with E-state index in [9.17, 15) is 24.0 Å². The Balaban J connectivity index is 2.12. The van der Waals surface area contributed by atoms with Crippen LogP contribution in [-0.4, -0.2) is 102 Å². The third-order valence-electron chi connectivity index (χ3n) is 8.10. The molecule has 15 heteroatoms. The number of ketones is 1. The van der Waals surface area contributed by atoms with E-state index in [1.54, 1.807) is 22.6 Å². The predicted molar refractivity (Wildman–Crippen MR) is 192 cm³/mol. The Kier molecular flexibility index (Phi) is 16.0. The Morgan fingerprint density at radius 3 is 2.35 bits per heavy atom. The number of aromatic nitrogens is 1. The summed E-state index contributed by atoms with van der Waals surface area (Å²) in [4.78, 5) is 72.0. The lowest BCUT2D eigenvalue weighted by Gasteiger charge is -2.37. The topological polar surface area (TPSA) is 165 Å². The lowest BCUT2D eigenvalue weighted by atomic mass is 9.85. The molecule has 4 unspecified atom stereocenters. The molecule has 2 rings (SSSR count). The molecule has 274 valence electrons. The molecule has 1 aliphatic rings. The Hall–Kier alpha value is -3.69. The van der Waals surface area contributed by atoms with Crippen molar-refractivity contribution in [3.63, 3.8) is 0 Å². The van der Waals surface area contributed by atoms with Gasteiger partial charge in [0.2, 0.25) is 17.6 Å². The van der Waals surface area contributed by atoms with Crippen LogP contribution < -0.4 is 25.6 Å². The Morgan fingerprint density at radius 2 is 1.78 bits per heavy atom. The number of Topliss-reactive ketones (excluding diaryl/α,β-unsaturated/α-hetero) is 1. The van der Waals surface area contributed by atoms with Crippen molar-refractivity contribution in [3.05, 3.63) is 37.1 Å². The molecule has 49 heavy (non-hydrogen) atoms. The number of urea groups is 1. The van der Waals surface area contributed by atoms with E-state index in [1.807, 2.05) is 73.7 Å². The van der Waals surface area contributed by atoms with Gasteiger partial charge >= 0.3 is 6.03 Å². The van der Waals surface area contributed by atoms with Crippen LogP contribution in [0.5, 0.6) is 0 Å². The number of amides is 5. The second-order valence-electron chi connectivity index (χ2n) is 14.4. The third kappa shape index (κ3) is 12.9. The predicted octanol–water partition coefficient (Wildman–Crippen LogP) is 3.22. The number of anilines is 1. The summed E-state index contributed by atoms with van der Waals surface area (Å²) in [5.41, 5.74) is -1.08. The van der Waals surface area contributed by atoms with Gasteiger partial charge in [0.1, 0.15) is 30.1 Å². The summed E-state index contributed by atoms with van der Waals surface area (Å²) in [6.45, 7) is 17.7. The standard InChI is InChI=1S/C34H56N8O6S/c1-11-16-23(27(43)30(45)36-19-12-2)37-29(44)24-17-15-21-42(24)31(46)28(34(6,7)8)39-32(47)38-25(33(3,4)5)22-40(9)48-49-41(10)26-18-13-14-20-35-26/h12-14,18,20,23-25,28H,2,11,15-17,19,21-22H2,1,3-10H3,(H,36,45)(H,37,44)(H2,38,39,47). The maximum Gasteiger partial charge on any atom is 0.315 e. The summed E-state index contributed by atoms with van der Waals surface area (Å²) in [7, 11) is 3.60. The maximum absolute atomic E-state index is 14.1. The first-order chi connectivity index (χ1) is 22.9. The Morgan fingerprint density at radius 1 is 1.08 bits per heavy atom. The van der Waals surface area contributed by atoms with E-state index >= 15 is 0 Å². The highest BCUT2D eigenvalue weighted by Gasteiger charge is 2.43. The van der Waals surface area contributed by atoms with Gasteiger partial charge in [-0.2, -0.15) is 5.06 Å². The minimum atomic E-state index is -1.02. The van der Waals surface area contributed by atoms with Crippen molar-refractivity contribution < 1.29 is 28.3 Å². The molecule has 2 heterocycles. The highest BCUT2D eigenvalue weighted by molar-refractivity contribution is 7.96. The summed E-state index contributed by atoms with van der Waals surface area (Å²) in [5, 5.41) is 12.7. The summed E-state index contributed by atoms with van der Waals surface area (Å²) in [5.74, 6) is -1.73. The molecular weight excluding hydrogens is 648 g/mol. The molecule has 1 aliphatic heterocycles. The molecule has 4 atom stereocenters. The van der Waals surface area contributed by atoms with Crippen molar-refractivity contribution >= 4 is 47.6 Å². The molecule has 14 nitrogen and oxygen atoms in total. The molecule has 0 aliphatic carbocycles. The van der Waals surface area contributed by atoms with Crippen LogP contribution in [0.3, 0.4) is 0 Å². The number of carbonyl (C=O) groups excluding carboxylic acids is 5. The van der Waals surface area contributed by atoms with Crippen LogP contribution in [-0.2, 0) is 23.5 Å². The monoisotopic (exact) mass is 704 g/mol. The van der Waals surface area contributed by atoms with Crippen molar-refractivity contribution in [2.75, 3.05) is 38.0 Å². The molecule has 1 saturated heterocycles. The number of hydrogen-bond acceptors (Lipinski definition) is 10. The van der Waals surface area contributed by atoms with Gasteiger partial charge in [0.25, 0.3) is 5.91 Å². The van der Waals surface area contributed by atoms with Gasteiger partial charge in [-0.3, -0.25) is 23.5 Å². The highest BCUT2D eigenvalue weighted by atomic mass is 32.2. The molecule has 1 aromatic rings. The molecule has 0 bridgehead atoms. The van der Waals surface area contributed by atoms with E-state index in [0.29, 0.717) is 32.4 Å². The molecule has 5 amide bonds. The van der Waals surface area contributed by atoms with E-state index in [4.69, 9.17) is 4.28 Å². The first-order valence-electron chi connectivity index (χ1n) is 16.7. The molecule has 0 spiro atoms. The number of likely N-dealkylation sites (tertiary alicyclic amines) is 1. The van der Waals surface area contributed by atoms with Crippen LogP contribution in [0.15, 0.2) is 37.1 Å². The van der Waals surface area contributed by atoms with E-state index < -0.39 is 53.1 Å².